The molecule has 1 aromatic rings. The molecule has 1 aromatic heterocycles. The summed E-state index contributed by atoms with van der Waals surface area (Å²) in [5.41, 5.74) is 2.74. The third-order valence-corrected chi connectivity index (χ3v) is 3.41. The van der Waals surface area contributed by atoms with Crippen LogP contribution in [0.2, 0.25) is 0 Å². The summed E-state index contributed by atoms with van der Waals surface area (Å²) in [6.45, 7) is 2.12. The van der Waals surface area contributed by atoms with Gasteiger partial charge in [0.25, 0.3) is 0 Å². The number of pyridine rings is 1. The van der Waals surface area contributed by atoms with Gasteiger partial charge in [-0.15, -0.1) is 0 Å². The highest BCUT2D eigenvalue weighted by Gasteiger charge is 2.24. The van der Waals surface area contributed by atoms with E-state index in [1.807, 2.05) is 13.2 Å². The number of rotatable bonds is 4. The van der Waals surface area contributed by atoms with Crippen LogP contribution in [0.4, 0.5) is 0 Å². The van der Waals surface area contributed by atoms with Gasteiger partial charge in [-0.05, 0) is 45.0 Å². The standard InChI is InChI=1S/C13H21N3/c1-14-9-10-16(2)12-7-3-5-11-6-4-8-15-13(11)12/h4,6,8,12,14H,3,5,7,9-10H2,1-2H3. The van der Waals surface area contributed by atoms with Crippen molar-refractivity contribution >= 4 is 0 Å². The summed E-state index contributed by atoms with van der Waals surface area (Å²) in [6, 6.07) is 4.79. The van der Waals surface area contributed by atoms with Gasteiger partial charge >= 0.3 is 0 Å². The summed E-state index contributed by atoms with van der Waals surface area (Å²) < 4.78 is 0. The second-order valence-corrected chi connectivity index (χ2v) is 4.54. The number of hydrogen-bond donors (Lipinski definition) is 1. The maximum Gasteiger partial charge on any atom is 0.0607 e. The highest BCUT2D eigenvalue weighted by atomic mass is 15.1. The lowest BCUT2D eigenvalue weighted by Crippen LogP contribution is -2.33. The molecule has 0 radical (unpaired) electrons. The first-order valence-corrected chi connectivity index (χ1v) is 6.11. The van der Waals surface area contributed by atoms with E-state index in [0.717, 1.165) is 13.1 Å². The van der Waals surface area contributed by atoms with Crippen LogP contribution in [-0.2, 0) is 6.42 Å². The lowest BCUT2D eigenvalue weighted by molar-refractivity contribution is 0.218. The fourth-order valence-corrected chi connectivity index (χ4v) is 2.46. The molecule has 16 heavy (non-hydrogen) atoms. The number of nitrogens with zero attached hydrogens (tertiary/aromatic N) is 2. The van der Waals surface area contributed by atoms with Crippen molar-refractivity contribution in [1.82, 2.24) is 15.2 Å². The number of fused-ring (bicyclic) bond motifs is 1. The van der Waals surface area contributed by atoms with Crippen molar-refractivity contribution in [3.05, 3.63) is 29.6 Å². The van der Waals surface area contributed by atoms with Crippen LogP contribution in [0.15, 0.2) is 18.3 Å². The van der Waals surface area contributed by atoms with E-state index < -0.39 is 0 Å². The van der Waals surface area contributed by atoms with E-state index in [-0.39, 0.29) is 0 Å². The van der Waals surface area contributed by atoms with Crippen molar-refractivity contribution in [1.29, 1.82) is 0 Å². The van der Waals surface area contributed by atoms with Crippen LogP contribution in [0.1, 0.15) is 30.1 Å². The summed E-state index contributed by atoms with van der Waals surface area (Å²) in [5, 5.41) is 3.20. The van der Waals surface area contributed by atoms with Crippen LogP contribution in [0.25, 0.3) is 0 Å². The molecule has 1 N–H and O–H groups in total. The number of aryl methyl sites for hydroxylation is 1. The first-order valence-electron chi connectivity index (χ1n) is 6.11. The van der Waals surface area contributed by atoms with Gasteiger partial charge in [-0.2, -0.15) is 0 Å². The Morgan fingerprint density at radius 1 is 1.56 bits per heavy atom. The summed E-state index contributed by atoms with van der Waals surface area (Å²) in [4.78, 5) is 6.99. The molecule has 0 amide bonds. The second kappa shape index (κ2) is 5.41. The van der Waals surface area contributed by atoms with E-state index in [2.05, 4.69) is 34.4 Å². The molecule has 0 aliphatic heterocycles. The minimum atomic E-state index is 0.512. The first kappa shape index (κ1) is 11.6. The van der Waals surface area contributed by atoms with E-state index in [9.17, 15) is 0 Å². The molecule has 2 rings (SSSR count). The minimum Gasteiger partial charge on any atom is -0.318 e. The van der Waals surface area contributed by atoms with E-state index in [1.54, 1.807) is 0 Å². The largest absolute Gasteiger partial charge is 0.318 e. The lowest BCUT2D eigenvalue weighted by atomic mass is 9.91. The SMILES string of the molecule is CNCCN(C)C1CCCc2cccnc21. The van der Waals surface area contributed by atoms with Gasteiger partial charge in [0.1, 0.15) is 0 Å². The number of nitrogens with one attached hydrogen (secondary N) is 1. The molecule has 3 nitrogen and oxygen atoms in total. The Morgan fingerprint density at radius 2 is 2.44 bits per heavy atom. The molecule has 88 valence electrons. The van der Waals surface area contributed by atoms with Gasteiger partial charge in [-0.25, -0.2) is 0 Å². The van der Waals surface area contributed by atoms with Gasteiger partial charge in [-0.1, -0.05) is 6.07 Å². The Balaban J connectivity index is 2.12. The minimum absolute atomic E-state index is 0.512. The molecule has 0 aromatic carbocycles. The van der Waals surface area contributed by atoms with Gasteiger partial charge in [0.2, 0.25) is 0 Å². The van der Waals surface area contributed by atoms with Crippen molar-refractivity contribution in [2.45, 2.75) is 25.3 Å². The average Bonchev–Trinajstić information content (AvgIpc) is 2.35. The first-order chi connectivity index (χ1) is 7.83. The highest BCUT2D eigenvalue weighted by molar-refractivity contribution is 5.25. The van der Waals surface area contributed by atoms with Crippen molar-refractivity contribution in [3.8, 4) is 0 Å². The molecule has 1 heterocycles. The Labute approximate surface area is 97.9 Å². The lowest BCUT2D eigenvalue weighted by Gasteiger charge is -2.32. The summed E-state index contributed by atoms with van der Waals surface area (Å²) in [7, 11) is 4.20. The Kier molecular flexibility index (Phi) is 3.91. The fraction of sp³-hybridized carbons (Fsp3) is 0.615. The molecule has 1 aliphatic carbocycles. The van der Waals surface area contributed by atoms with Gasteiger partial charge in [0.15, 0.2) is 0 Å². The Morgan fingerprint density at radius 3 is 3.25 bits per heavy atom. The van der Waals surface area contributed by atoms with E-state index in [4.69, 9.17) is 0 Å². The Bertz CT molecular complexity index is 338. The molecule has 0 saturated heterocycles. The molecular formula is C13H21N3. The molecule has 0 saturated carbocycles. The zero-order chi connectivity index (χ0) is 11.4. The zero-order valence-electron chi connectivity index (χ0n) is 10.2. The van der Waals surface area contributed by atoms with Gasteiger partial charge in [-0.3, -0.25) is 9.88 Å². The smallest absolute Gasteiger partial charge is 0.0607 e. The zero-order valence-corrected chi connectivity index (χ0v) is 10.2. The molecule has 1 unspecified atom stereocenters. The van der Waals surface area contributed by atoms with Crippen LogP contribution in [0, 0.1) is 0 Å². The van der Waals surface area contributed by atoms with Crippen LogP contribution in [-0.4, -0.2) is 37.1 Å². The number of likely N-dealkylation sites (N-methyl/N-ethyl adjacent to an activating group) is 2. The molecule has 0 bridgehead atoms. The quantitative estimate of drug-likeness (QED) is 0.834. The molecule has 1 aliphatic rings. The summed E-state index contributed by atoms with van der Waals surface area (Å²) >= 11 is 0. The molecule has 0 spiro atoms. The maximum absolute atomic E-state index is 4.57. The van der Waals surface area contributed by atoms with Crippen LogP contribution >= 0.6 is 0 Å². The third kappa shape index (κ3) is 2.42. The van der Waals surface area contributed by atoms with Gasteiger partial charge in [0.05, 0.1) is 11.7 Å². The van der Waals surface area contributed by atoms with Gasteiger partial charge in [0, 0.05) is 19.3 Å². The molecule has 1 atom stereocenters. The predicted octanol–water partition coefficient (Wildman–Crippen LogP) is 1.61. The van der Waals surface area contributed by atoms with Gasteiger partial charge < -0.3 is 5.32 Å². The predicted molar refractivity (Wildman–Crippen MR) is 66.5 cm³/mol. The van der Waals surface area contributed by atoms with Crippen molar-refractivity contribution in [3.63, 3.8) is 0 Å². The monoisotopic (exact) mass is 219 g/mol. The summed E-state index contributed by atoms with van der Waals surface area (Å²) in [6.07, 6.45) is 5.64. The number of hydrogen-bond acceptors (Lipinski definition) is 3. The highest BCUT2D eigenvalue weighted by Crippen LogP contribution is 2.31. The van der Waals surface area contributed by atoms with Crippen LogP contribution < -0.4 is 5.32 Å². The molecule has 3 heteroatoms. The average molecular weight is 219 g/mol. The second-order valence-electron chi connectivity index (χ2n) is 4.54. The van der Waals surface area contributed by atoms with E-state index in [1.165, 1.54) is 30.5 Å². The van der Waals surface area contributed by atoms with Crippen molar-refractivity contribution in [2.75, 3.05) is 27.2 Å². The van der Waals surface area contributed by atoms with Crippen LogP contribution in [0.5, 0.6) is 0 Å². The molecule has 0 fully saturated rings. The van der Waals surface area contributed by atoms with Crippen molar-refractivity contribution in [2.24, 2.45) is 0 Å². The normalized spacial score (nSPS) is 19.8. The number of aromatic nitrogens is 1. The fourth-order valence-electron chi connectivity index (χ4n) is 2.46. The van der Waals surface area contributed by atoms with E-state index in [0.29, 0.717) is 6.04 Å². The molecular weight excluding hydrogens is 198 g/mol. The summed E-state index contributed by atoms with van der Waals surface area (Å²) in [5.74, 6) is 0. The van der Waals surface area contributed by atoms with Crippen LogP contribution in [0.3, 0.4) is 0 Å². The Hall–Kier alpha value is -0.930. The van der Waals surface area contributed by atoms with Crippen molar-refractivity contribution < 1.29 is 0 Å². The third-order valence-electron chi connectivity index (χ3n) is 3.41. The van der Waals surface area contributed by atoms with E-state index >= 15 is 0 Å². The topological polar surface area (TPSA) is 28.2 Å². The maximum atomic E-state index is 4.57.